The molecule has 15 heavy (non-hydrogen) atoms. The number of thiophene rings is 1. The molecular weight excluding hydrogens is 225 g/mol. The second-order valence-electron chi connectivity index (χ2n) is 2.74. The molecule has 0 aliphatic rings. The van der Waals surface area contributed by atoms with E-state index in [1.165, 1.54) is 11.3 Å². The Morgan fingerprint density at radius 1 is 1.20 bits per heavy atom. The first kappa shape index (κ1) is 10.1. The summed E-state index contributed by atoms with van der Waals surface area (Å²) in [7, 11) is 0. The average Bonchev–Trinajstić information content (AvgIpc) is 2.69. The van der Waals surface area contributed by atoms with Crippen LogP contribution in [-0.4, -0.2) is 9.97 Å². The summed E-state index contributed by atoms with van der Waals surface area (Å²) in [5, 5.41) is 1.76. The van der Waals surface area contributed by atoms with Crippen LogP contribution in [0.25, 0.3) is 10.7 Å². The zero-order chi connectivity index (χ0) is 10.9. The molecule has 2 heterocycles. The van der Waals surface area contributed by atoms with Crippen LogP contribution in [0.15, 0.2) is 29.8 Å². The van der Waals surface area contributed by atoms with Gasteiger partial charge < -0.3 is 0 Å². The van der Waals surface area contributed by atoms with E-state index in [0.717, 1.165) is 12.3 Å². The minimum absolute atomic E-state index is 0.111. The van der Waals surface area contributed by atoms with Gasteiger partial charge in [-0.15, -0.1) is 11.3 Å². The predicted molar refractivity (Wildman–Crippen MR) is 50.3 cm³/mol. The minimum atomic E-state index is -4.42. The highest BCUT2D eigenvalue weighted by molar-refractivity contribution is 7.13. The second kappa shape index (κ2) is 3.62. The van der Waals surface area contributed by atoms with Gasteiger partial charge in [0.2, 0.25) is 0 Å². The van der Waals surface area contributed by atoms with Gasteiger partial charge in [0.15, 0.2) is 5.82 Å². The summed E-state index contributed by atoms with van der Waals surface area (Å²) in [6.45, 7) is 0. The maximum atomic E-state index is 12.3. The first-order chi connectivity index (χ1) is 7.07. The van der Waals surface area contributed by atoms with Gasteiger partial charge in [0.1, 0.15) is 5.69 Å². The molecule has 2 aromatic rings. The van der Waals surface area contributed by atoms with Crippen molar-refractivity contribution in [1.29, 1.82) is 0 Å². The lowest BCUT2D eigenvalue weighted by atomic mass is 10.3. The molecule has 0 saturated carbocycles. The zero-order valence-electron chi connectivity index (χ0n) is 7.32. The van der Waals surface area contributed by atoms with Crippen molar-refractivity contribution in [2.75, 3.05) is 0 Å². The Morgan fingerprint density at radius 2 is 2.00 bits per heavy atom. The number of hydrogen-bond donors (Lipinski definition) is 0. The van der Waals surface area contributed by atoms with Crippen LogP contribution in [0.4, 0.5) is 13.2 Å². The number of aromatic nitrogens is 2. The van der Waals surface area contributed by atoms with E-state index in [1.807, 2.05) is 0 Å². The average molecular weight is 230 g/mol. The van der Waals surface area contributed by atoms with Crippen LogP contribution in [0.1, 0.15) is 5.69 Å². The third-order valence-corrected chi connectivity index (χ3v) is 2.55. The molecule has 0 aliphatic heterocycles. The number of halogens is 3. The lowest BCUT2D eigenvalue weighted by Gasteiger charge is -2.05. The molecule has 0 spiro atoms. The van der Waals surface area contributed by atoms with Crippen LogP contribution in [0.3, 0.4) is 0 Å². The topological polar surface area (TPSA) is 25.8 Å². The predicted octanol–water partition coefficient (Wildman–Crippen LogP) is 3.22. The lowest BCUT2D eigenvalue weighted by molar-refractivity contribution is -0.141. The first-order valence-electron chi connectivity index (χ1n) is 4.01. The highest BCUT2D eigenvalue weighted by Gasteiger charge is 2.32. The Bertz CT molecular complexity index is 451. The number of hydrogen-bond acceptors (Lipinski definition) is 3. The smallest absolute Gasteiger partial charge is 0.236 e. The highest BCUT2D eigenvalue weighted by Crippen LogP contribution is 2.29. The van der Waals surface area contributed by atoms with E-state index in [-0.39, 0.29) is 5.82 Å². The maximum Gasteiger partial charge on any atom is 0.433 e. The minimum Gasteiger partial charge on any atom is -0.236 e. The van der Waals surface area contributed by atoms with Gasteiger partial charge in [-0.1, -0.05) is 6.07 Å². The van der Waals surface area contributed by atoms with Crippen LogP contribution in [0, 0.1) is 0 Å². The van der Waals surface area contributed by atoms with Crippen LogP contribution >= 0.6 is 11.3 Å². The van der Waals surface area contributed by atoms with E-state index < -0.39 is 11.9 Å². The molecule has 78 valence electrons. The fourth-order valence-corrected chi connectivity index (χ4v) is 1.71. The van der Waals surface area contributed by atoms with Crippen molar-refractivity contribution in [3.8, 4) is 10.7 Å². The molecule has 0 unspecified atom stereocenters. The van der Waals surface area contributed by atoms with Gasteiger partial charge in [-0.05, 0) is 17.5 Å². The number of nitrogens with zero attached hydrogens (tertiary/aromatic N) is 2. The molecule has 2 nitrogen and oxygen atoms in total. The third-order valence-electron chi connectivity index (χ3n) is 1.69. The van der Waals surface area contributed by atoms with Crippen molar-refractivity contribution in [2.24, 2.45) is 0 Å². The Morgan fingerprint density at radius 3 is 2.60 bits per heavy atom. The highest BCUT2D eigenvalue weighted by atomic mass is 32.1. The summed E-state index contributed by atoms with van der Waals surface area (Å²) in [4.78, 5) is 7.88. The van der Waals surface area contributed by atoms with Crippen LogP contribution in [0.2, 0.25) is 0 Å². The van der Waals surface area contributed by atoms with E-state index in [2.05, 4.69) is 9.97 Å². The van der Waals surface area contributed by atoms with Gasteiger partial charge in [0, 0.05) is 6.20 Å². The van der Waals surface area contributed by atoms with Crippen molar-refractivity contribution >= 4 is 11.3 Å². The lowest BCUT2D eigenvalue weighted by Crippen LogP contribution is -2.08. The summed E-state index contributed by atoms with van der Waals surface area (Å²) in [6.07, 6.45) is -3.31. The summed E-state index contributed by atoms with van der Waals surface area (Å²) < 4.78 is 37.0. The molecular formula is C9H5F3N2S. The van der Waals surface area contributed by atoms with Crippen molar-refractivity contribution in [3.05, 3.63) is 35.5 Å². The molecule has 0 radical (unpaired) electrons. The first-order valence-corrected chi connectivity index (χ1v) is 4.89. The molecule has 2 aromatic heterocycles. The third kappa shape index (κ3) is 2.15. The monoisotopic (exact) mass is 230 g/mol. The van der Waals surface area contributed by atoms with E-state index in [1.54, 1.807) is 17.5 Å². The van der Waals surface area contributed by atoms with Crippen molar-refractivity contribution in [3.63, 3.8) is 0 Å². The summed E-state index contributed by atoms with van der Waals surface area (Å²) >= 11 is 1.30. The van der Waals surface area contributed by atoms with Gasteiger partial charge in [0.05, 0.1) is 4.88 Å². The molecule has 0 aliphatic carbocycles. The molecule has 6 heteroatoms. The zero-order valence-corrected chi connectivity index (χ0v) is 8.14. The Balaban J connectivity index is 2.44. The summed E-state index contributed by atoms with van der Waals surface area (Å²) in [5.41, 5.74) is -0.916. The van der Waals surface area contributed by atoms with Crippen molar-refractivity contribution in [1.82, 2.24) is 9.97 Å². The van der Waals surface area contributed by atoms with E-state index in [9.17, 15) is 13.2 Å². The van der Waals surface area contributed by atoms with Gasteiger partial charge in [-0.2, -0.15) is 13.2 Å². The molecule has 0 saturated heterocycles. The molecule has 0 aromatic carbocycles. The number of rotatable bonds is 1. The Kier molecular flexibility index (Phi) is 2.44. The molecule has 0 N–H and O–H groups in total. The van der Waals surface area contributed by atoms with Gasteiger partial charge >= 0.3 is 6.18 Å². The molecule has 0 atom stereocenters. The standard InChI is InChI=1S/C9H5F3N2S/c10-9(11,12)7-3-4-13-8(14-7)6-2-1-5-15-6/h1-5H. The van der Waals surface area contributed by atoms with E-state index in [4.69, 9.17) is 0 Å². The molecule has 0 fully saturated rings. The second-order valence-corrected chi connectivity index (χ2v) is 3.69. The van der Waals surface area contributed by atoms with Crippen molar-refractivity contribution < 1.29 is 13.2 Å². The summed E-state index contributed by atoms with van der Waals surface area (Å²) in [6, 6.07) is 4.28. The van der Waals surface area contributed by atoms with Gasteiger partial charge in [-0.3, -0.25) is 0 Å². The SMILES string of the molecule is FC(F)(F)c1ccnc(-c2cccs2)n1. The van der Waals surface area contributed by atoms with Crippen LogP contribution < -0.4 is 0 Å². The molecule has 0 amide bonds. The fraction of sp³-hybridized carbons (Fsp3) is 0.111. The maximum absolute atomic E-state index is 12.3. The fourth-order valence-electron chi connectivity index (χ4n) is 1.04. The number of alkyl halides is 3. The quantitative estimate of drug-likeness (QED) is 0.751. The van der Waals surface area contributed by atoms with Crippen molar-refractivity contribution in [2.45, 2.75) is 6.18 Å². The Hall–Kier alpha value is -1.43. The summed E-state index contributed by atoms with van der Waals surface area (Å²) in [5.74, 6) is 0.111. The van der Waals surface area contributed by atoms with Gasteiger partial charge in [0.25, 0.3) is 0 Å². The molecule has 0 bridgehead atoms. The van der Waals surface area contributed by atoms with Crippen LogP contribution in [0.5, 0.6) is 0 Å². The normalized spacial score (nSPS) is 11.7. The van der Waals surface area contributed by atoms with E-state index in [0.29, 0.717) is 4.88 Å². The van der Waals surface area contributed by atoms with E-state index >= 15 is 0 Å². The largest absolute Gasteiger partial charge is 0.433 e. The van der Waals surface area contributed by atoms with Crippen LogP contribution in [-0.2, 0) is 6.18 Å². The molecule has 2 rings (SSSR count). The van der Waals surface area contributed by atoms with Gasteiger partial charge in [-0.25, -0.2) is 9.97 Å². The Labute approximate surface area is 87.4 Å².